The molecule has 13 heteroatoms. The second kappa shape index (κ2) is 10.7. The van der Waals surface area contributed by atoms with Crippen LogP contribution in [0.3, 0.4) is 0 Å². The van der Waals surface area contributed by atoms with Crippen molar-refractivity contribution in [2.75, 3.05) is 7.11 Å². The highest BCUT2D eigenvalue weighted by Gasteiger charge is 2.35. The fourth-order valence-electron chi connectivity index (χ4n) is 3.47. The van der Waals surface area contributed by atoms with Crippen molar-refractivity contribution in [3.05, 3.63) is 102 Å². The average molecular weight is 542 g/mol. The minimum Gasteiger partial charge on any atom is -0.493 e. The van der Waals surface area contributed by atoms with Crippen molar-refractivity contribution in [3.63, 3.8) is 0 Å². The van der Waals surface area contributed by atoms with E-state index < -0.39 is 32.4 Å². The first-order valence-corrected chi connectivity index (χ1v) is 11.6. The lowest BCUT2D eigenvalue weighted by atomic mass is 10.1. The van der Waals surface area contributed by atoms with Crippen molar-refractivity contribution in [2.45, 2.75) is 6.54 Å². The molecule has 11 nitrogen and oxygen atoms in total. The Kier molecular flexibility index (Phi) is 7.41. The lowest BCUT2D eigenvalue weighted by Gasteiger charge is -2.14. The molecule has 0 bridgehead atoms. The van der Waals surface area contributed by atoms with E-state index >= 15 is 0 Å². The maximum absolute atomic E-state index is 13.0. The van der Waals surface area contributed by atoms with Crippen LogP contribution in [0.15, 0.2) is 65.6 Å². The third-order valence-corrected chi connectivity index (χ3v) is 6.32. The lowest BCUT2D eigenvalue weighted by molar-refractivity contribution is -0.394. The van der Waals surface area contributed by atoms with Crippen LogP contribution in [-0.4, -0.2) is 33.0 Å². The zero-order valence-electron chi connectivity index (χ0n) is 19.0. The standard InChI is InChI=1S/C24H16ClN3O8S/c1-35-20-7-3-5-15(22(20)36-19-9-8-17(27(31)32)12-18(19)28(33)34)11-21-23(29)26(24(30)37-21)13-14-4-2-6-16(25)10-14/h2-12H,13H2,1H3/b21-11-. The Morgan fingerprint density at radius 3 is 2.43 bits per heavy atom. The van der Waals surface area contributed by atoms with E-state index in [0.717, 1.165) is 34.9 Å². The summed E-state index contributed by atoms with van der Waals surface area (Å²) in [6, 6.07) is 14.5. The van der Waals surface area contributed by atoms with Gasteiger partial charge in [0.05, 0.1) is 34.5 Å². The molecule has 188 valence electrons. The summed E-state index contributed by atoms with van der Waals surface area (Å²) in [5.41, 5.74) is -0.146. The lowest BCUT2D eigenvalue weighted by Crippen LogP contribution is -2.27. The maximum atomic E-state index is 13.0. The fraction of sp³-hybridized carbons (Fsp3) is 0.0833. The normalized spacial score (nSPS) is 14.2. The van der Waals surface area contributed by atoms with E-state index in [1.54, 1.807) is 36.4 Å². The summed E-state index contributed by atoms with van der Waals surface area (Å²) in [4.78, 5) is 47.8. The van der Waals surface area contributed by atoms with Gasteiger partial charge in [-0.2, -0.15) is 0 Å². The SMILES string of the molecule is COc1cccc(/C=C2\SC(=O)N(Cc3cccc(Cl)c3)C2=O)c1Oc1ccc([N+](=O)[O-])cc1[N+](=O)[O-]. The number of hydrogen-bond donors (Lipinski definition) is 0. The van der Waals surface area contributed by atoms with Gasteiger partial charge < -0.3 is 9.47 Å². The van der Waals surface area contributed by atoms with Gasteiger partial charge in [0.2, 0.25) is 5.75 Å². The van der Waals surface area contributed by atoms with Gasteiger partial charge in [-0.15, -0.1) is 0 Å². The van der Waals surface area contributed by atoms with Crippen LogP contribution in [0.1, 0.15) is 11.1 Å². The van der Waals surface area contributed by atoms with Crippen LogP contribution in [0.4, 0.5) is 16.2 Å². The first-order valence-electron chi connectivity index (χ1n) is 10.5. The molecule has 37 heavy (non-hydrogen) atoms. The van der Waals surface area contributed by atoms with Gasteiger partial charge in [0, 0.05) is 16.7 Å². The Bertz CT molecular complexity index is 1480. The number of methoxy groups -OCH3 is 1. The molecule has 1 saturated heterocycles. The minimum absolute atomic E-state index is 0.0172. The summed E-state index contributed by atoms with van der Waals surface area (Å²) in [6.45, 7) is 0.0268. The van der Waals surface area contributed by atoms with Crippen molar-refractivity contribution < 1.29 is 28.9 Å². The predicted octanol–water partition coefficient (Wildman–Crippen LogP) is 6.19. The van der Waals surface area contributed by atoms with E-state index in [2.05, 4.69) is 0 Å². The number of halogens is 1. The number of thioether (sulfide) groups is 1. The number of non-ortho nitro benzene ring substituents is 1. The number of nitrogens with zero attached hydrogens (tertiary/aromatic N) is 3. The van der Waals surface area contributed by atoms with Crippen molar-refractivity contribution in [1.29, 1.82) is 0 Å². The smallest absolute Gasteiger partial charge is 0.318 e. The molecule has 0 radical (unpaired) electrons. The summed E-state index contributed by atoms with van der Waals surface area (Å²) < 4.78 is 11.1. The van der Waals surface area contributed by atoms with E-state index in [4.69, 9.17) is 21.1 Å². The Hall–Kier alpha value is -4.42. The molecule has 1 aliphatic rings. The summed E-state index contributed by atoms with van der Waals surface area (Å²) >= 11 is 6.73. The number of rotatable bonds is 8. The van der Waals surface area contributed by atoms with Gasteiger partial charge in [-0.3, -0.25) is 34.7 Å². The number of hydrogen-bond acceptors (Lipinski definition) is 9. The van der Waals surface area contributed by atoms with E-state index in [-0.39, 0.29) is 28.7 Å². The highest BCUT2D eigenvalue weighted by Crippen LogP contribution is 2.42. The maximum Gasteiger partial charge on any atom is 0.318 e. The second-order valence-electron chi connectivity index (χ2n) is 7.54. The van der Waals surface area contributed by atoms with Crippen molar-refractivity contribution in [2.24, 2.45) is 0 Å². The Balaban J connectivity index is 1.69. The van der Waals surface area contributed by atoms with Gasteiger partial charge in [-0.1, -0.05) is 35.9 Å². The molecule has 0 aromatic heterocycles. The van der Waals surface area contributed by atoms with Crippen molar-refractivity contribution in [3.8, 4) is 17.2 Å². The number of para-hydroxylation sites is 1. The van der Waals surface area contributed by atoms with Gasteiger partial charge in [0.1, 0.15) is 0 Å². The highest BCUT2D eigenvalue weighted by atomic mass is 35.5. The molecule has 1 aliphatic heterocycles. The number of carbonyl (C=O) groups is 2. The van der Waals surface area contributed by atoms with Crippen LogP contribution in [-0.2, 0) is 11.3 Å². The summed E-state index contributed by atoms with van der Waals surface area (Å²) in [7, 11) is 1.36. The summed E-state index contributed by atoms with van der Waals surface area (Å²) in [5.74, 6) is -0.614. The molecule has 1 fully saturated rings. The van der Waals surface area contributed by atoms with E-state index in [1.165, 1.54) is 19.3 Å². The third-order valence-electron chi connectivity index (χ3n) is 5.18. The molecule has 0 unspecified atom stereocenters. The molecular weight excluding hydrogens is 526 g/mol. The molecule has 0 spiro atoms. The van der Waals surface area contributed by atoms with Crippen LogP contribution >= 0.6 is 23.4 Å². The van der Waals surface area contributed by atoms with Crippen LogP contribution in [0.2, 0.25) is 5.02 Å². The molecule has 0 atom stereocenters. The molecule has 3 aromatic rings. The Morgan fingerprint density at radius 1 is 1.00 bits per heavy atom. The van der Waals surface area contributed by atoms with Gasteiger partial charge in [-0.05, 0) is 47.7 Å². The molecule has 2 amide bonds. The zero-order chi connectivity index (χ0) is 26.7. The average Bonchev–Trinajstić information content (AvgIpc) is 3.12. The van der Waals surface area contributed by atoms with Crippen LogP contribution < -0.4 is 9.47 Å². The van der Waals surface area contributed by atoms with E-state index in [1.807, 2.05) is 0 Å². The largest absolute Gasteiger partial charge is 0.493 e. The topological polar surface area (TPSA) is 142 Å². The van der Waals surface area contributed by atoms with Crippen molar-refractivity contribution >= 4 is 52.0 Å². The number of benzene rings is 3. The number of nitro benzene ring substituents is 2. The highest BCUT2D eigenvalue weighted by molar-refractivity contribution is 8.18. The quantitative estimate of drug-likeness (QED) is 0.185. The van der Waals surface area contributed by atoms with Crippen LogP contribution in [0.5, 0.6) is 17.2 Å². The predicted molar refractivity (Wildman–Crippen MR) is 136 cm³/mol. The minimum atomic E-state index is -0.807. The summed E-state index contributed by atoms with van der Waals surface area (Å²) in [6.07, 6.45) is 1.41. The van der Waals surface area contributed by atoms with Gasteiger partial charge in [0.25, 0.3) is 16.8 Å². The first-order chi connectivity index (χ1) is 17.7. The van der Waals surface area contributed by atoms with E-state index in [9.17, 15) is 29.8 Å². The summed E-state index contributed by atoms with van der Waals surface area (Å²) in [5, 5.41) is 22.6. The molecule has 4 rings (SSSR count). The molecule has 0 saturated carbocycles. The number of nitro groups is 2. The van der Waals surface area contributed by atoms with Gasteiger partial charge >= 0.3 is 5.69 Å². The monoisotopic (exact) mass is 541 g/mol. The molecule has 1 heterocycles. The molecule has 0 N–H and O–H groups in total. The number of ether oxygens (including phenoxy) is 2. The Labute approximate surface area is 218 Å². The number of amides is 2. The molecular formula is C24H16ClN3O8S. The van der Waals surface area contributed by atoms with Gasteiger partial charge in [0.15, 0.2) is 11.5 Å². The van der Waals surface area contributed by atoms with E-state index in [0.29, 0.717) is 16.1 Å². The molecule has 3 aromatic carbocycles. The van der Waals surface area contributed by atoms with Crippen LogP contribution in [0.25, 0.3) is 6.08 Å². The molecule has 0 aliphatic carbocycles. The number of carbonyl (C=O) groups excluding carboxylic acids is 2. The third kappa shape index (κ3) is 5.55. The first kappa shape index (κ1) is 25.7. The Morgan fingerprint density at radius 2 is 1.76 bits per heavy atom. The number of imide groups is 1. The van der Waals surface area contributed by atoms with Crippen molar-refractivity contribution in [1.82, 2.24) is 4.90 Å². The fourth-order valence-corrected chi connectivity index (χ4v) is 4.51. The van der Waals surface area contributed by atoms with Crippen LogP contribution in [0, 0.1) is 20.2 Å². The second-order valence-corrected chi connectivity index (χ2v) is 8.97. The zero-order valence-corrected chi connectivity index (χ0v) is 20.5. The van der Waals surface area contributed by atoms with Gasteiger partial charge in [-0.25, -0.2) is 0 Å².